The lowest BCUT2D eigenvalue weighted by Gasteiger charge is -2.38. The largest absolute Gasteiger partial charge is 0.384 e. The number of H-pyrrole nitrogens is 1. The van der Waals surface area contributed by atoms with Crippen LogP contribution in [0.5, 0.6) is 0 Å². The van der Waals surface area contributed by atoms with E-state index in [1.165, 1.54) is 0 Å². The molecule has 2 fully saturated rings. The van der Waals surface area contributed by atoms with E-state index in [9.17, 15) is 5.11 Å². The predicted octanol–water partition coefficient (Wildman–Crippen LogP) is 3.40. The number of anilines is 1. The summed E-state index contributed by atoms with van der Waals surface area (Å²) >= 11 is 1.64. The molecule has 10 heteroatoms. The van der Waals surface area contributed by atoms with Crippen LogP contribution >= 0.6 is 11.3 Å². The molecule has 0 saturated carbocycles. The number of aromatic amines is 1. The number of benzene rings is 1. The number of hydrogen-bond donors (Lipinski definition) is 3. The fourth-order valence-electron chi connectivity index (χ4n) is 5.65. The first-order chi connectivity index (χ1) is 18.7. The second-order valence-corrected chi connectivity index (χ2v) is 11.3. The maximum atomic E-state index is 11.8. The molecule has 0 aliphatic carbocycles. The van der Waals surface area contributed by atoms with Gasteiger partial charge in [0.05, 0.1) is 41.2 Å². The third kappa shape index (κ3) is 4.37. The number of morpholine rings is 1. The zero-order chi connectivity index (χ0) is 25.5. The number of ether oxygens (including phenoxy) is 1. The SMILES string of the molecule is OC1(c2cc3nc(-c4cccc5[nH]ncc45)nc(N4CCOCC4)c3s2)CCN(CC2C=CC=CN2)CC1. The first-order valence-electron chi connectivity index (χ1n) is 13.3. The summed E-state index contributed by atoms with van der Waals surface area (Å²) in [7, 11) is 0. The number of likely N-dealkylation sites (tertiary alicyclic amines) is 1. The number of aromatic nitrogens is 4. The van der Waals surface area contributed by atoms with Crippen molar-refractivity contribution in [2.24, 2.45) is 0 Å². The highest BCUT2D eigenvalue weighted by molar-refractivity contribution is 7.19. The number of thiophene rings is 1. The Morgan fingerprint density at radius 1 is 1.11 bits per heavy atom. The fraction of sp³-hybridized carbons (Fsp3) is 0.393. The molecule has 3 aromatic heterocycles. The van der Waals surface area contributed by atoms with E-state index in [4.69, 9.17) is 14.7 Å². The molecule has 6 heterocycles. The summed E-state index contributed by atoms with van der Waals surface area (Å²) in [5, 5.41) is 23.5. The van der Waals surface area contributed by atoms with Gasteiger partial charge < -0.3 is 25.0 Å². The third-order valence-corrected chi connectivity index (χ3v) is 9.16. The van der Waals surface area contributed by atoms with Crippen LogP contribution in [0.2, 0.25) is 0 Å². The zero-order valence-electron chi connectivity index (χ0n) is 21.1. The molecule has 3 aliphatic heterocycles. The summed E-state index contributed by atoms with van der Waals surface area (Å²) in [6.45, 7) is 5.58. The average Bonchev–Trinajstić information content (AvgIpc) is 3.63. The molecule has 196 valence electrons. The lowest BCUT2D eigenvalue weighted by molar-refractivity contribution is -0.0235. The van der Waals surface area contributed by atoms with Crippen molar-refractivity contribution in [3.63, 3.8) is 0 Å². The Morgan fingerprint density at radius 3 is 2.79 bits per heavy atom. The van der Waals surface area contributed by atoms with Crippen molar-refractivity contribution < 1.29 is 9.84 Å². The van der Waals surface area contributed by atoms with Crippen molar-refractivity contribution in [2.45, 2.75) is 24.5 Å². The summed E-state index contributed by atoms with van der Waals surface area (Å²) in [5.74, 6) is 1.61. The van der Waals surface area contributed by atoms with Crippen LogP contribution in [0.25, 0.3) is 32.5 Å². The minimum Gasteiger partial charge on any atom is -0.384 e. The van der Waals surface area contributed by atoms with Gasteiger partial charge in [0.2, 0.25) is 0 Å². The van der Waals surface area contributed by atoms with Gasteiger partial charge >= 0.3 is 0 Å². The predicted molar refractivity (Wildman–Crippen MR) is 150 cm³/mol. The molecule has 1 atom stereocenters. The maximum Gasteiger partial charge on any atom is 0.162 e. The summed E-state index contributed by atoms with van der Waals surface area (Å²) in [6.07, 6.45) is 11.5. The molecule has 0 bridgehead atoms. The molecule has 2 saturated heterocycles. The van der Waals surface area contributed by atoms with Crippen molar-refractivity contribution in [3.05, 3.63) is 59.8 Å². The molecule has 1 unspecified atom stereocenters. The first kappa shape index (κ1) is 23.8. The number of nitrogens with zero attached hydrogens (tertiary/aromatic N) is 5. The number of allylic oxidation sites excluding steroid dienone is 2. The van der Waals surface area contributed by atoms with Gasteiger partial charge in [-0.2, -0.15) is 5.10 Å². The number of rotatable bonds is 5. The van der Waals surface area contributed by atoms with Crippen LogP contribution in [0.1, 0.15) is 17.7 Å². The Morgan fingerprint density at radius 2 is 1.97 bits per heavy atom. The molecule has 7 rings (SSSR count). The normalized spacial score (nSPS) is 21.8. The molecule has 3 N–H and O–H groups in total. The highest BCUT2D eigenvalue weighted by atomic mass is 32.1. The van der Waals surface area contributed by atoms with E-state index in [1.54, 1.807) is 11.3 Å². The van der Waals surface area contributed by atoms with E-state index in [-0.39, 0.29) is 0 Å². The van der Waals surface area contributed by atoms with Gasteiger partial charge in [-0.05, 0) is 37.3 Å². The molecular formula is C28H31N7O2S. The smallest absolute Gasteiger partial charge is 0.162 e. The van der Waals surface area contributed by atoms with E-state index < -0.39 is 5.60 Å². The van der Waals surface area contributed by atoms with Crippen molar-refractivity contribution in [2.75, 3.05) is 50.8 Å². The molecule has 0 amide bonds. The van der Waals surface area contributed by atoms with Crippen LogP contribution in [0.4, 0.5) is 5.82 Å². The number of nitrogens with one attached hydrogen (secondary N) is 2. The third-order valence-electron chi connectivity index (χ3n) is 7.85. The van der Waals surface area contributed by atoms with Crippen LogP contribution in [0, 0.1) is 0 Å². The standard InChI is InChI=1S/C28H31N7O2S/c36-28(7-10-34(11-8-28)18-19-4-1-2-9-29-19)24-16-23-25(38-24)27(35-12-14-37-15-13-35)32-26(31-23)20-5-3-6-22-21(20)17-30-33-22/h1-6,9,16-17,19,29,36H,7-8,10-15,18H2,(H,30,33). The van der Waals surface area contributed by atoms with E-state index in [0.717, 1.165) is 70.1 Å². The number of fused-ring (bicyclic) bond motifs is 2. The van der Waals surface area contributed by atoms with Gasteiger partial charge in [0.1, 0.15) is 5.60 Å². The summed E-state index contributed by atoms with van der Waals surface area (Å²) in [4.78, 5) is 15.8. The zero-order valence-corrected chi connectivity index (χ0v) is 22.0. The molecule has 38 heavy (non-hydrogen) atoms. The summed E-state index contributed by atoms with van der Waals surface area (Å²) in [5.41, 5.74) is 1.94. The Balaban J connectivity index is 1.22. The van der Waals surface area contributed by atoms with Crippen LogP contribution in [-0.2, 0) is 10.3 Å². The second kappa shape index (κ2) is 9.77. The van der Waals surface area contributed by atoms with Crippen LogP contribution in [0.3, 0.4) is 0 Å². The number of hydrogen-bond acceptors (Lipinski definition) is 9. The van der Waals surface area contributed by atoms with Gasteiger partial charge in [0, 0.05) is 48.6 Å². The molecule has 3 aliphatic rings. The van der Waals surface area contributed by atoms with Crippen molar-refractivity contribution in [1.82, 2.24) is 30.4 Å². The summed E-state index contributed by atoms with van der Waals surface area (Å²) < 4.78 is 6.66. The van der Waals surface area contributed by atoms with E-state index in [0.29, 0.717) is 37.9 Å². The average molecular weight is 530 g/mol. The quantitative estimate of drug-likeness (QED) is 0.362. The van der Waals surface area contributed by atoms with Gasteiger partial charge in [-0.3, -0.25) is 5.10 Å². The monoisotopic (exact) mass is 529 g/mol. The lowest BCUT2D eigenvalue weighted by atomic mass is 9.89. The van der Waals surface area contributed by atoms with Crippen LogP contribution in [0.15, 0.2) is 54.9 Å². The second-order valence-electron chi connectivity index (χ2n) is 10.3. The highest BCUT2D eigenvalue weighted by Gasteiger charge is 2.37. The van der Waals surface area contributed by atoms with Gasteiger partial charge in [-0.25, -0.2) is 9.97 Å². The minimum absolute atomic E-state index is 0.319. The number of piperidine rings is 1. The minimum atomic E-state index is -0.857. The number of dihydropyridines is 1. The molecule has 0 spiro atoms. The number of aliphatic hydroxyl groups is 1. The molecule has 4 aromatic rings. The Bertz CT molecular complexity index is 1510. The van der Waals surface area contributed by atoms with Crippen molar-refractivity contribution in [3.8, 4) is 11.4 Å². The van der Waals surface area contributed by atoms with Gasteiger partial charge in [-0.15, -0.1) is 11.3 Å². The molecule has 9 nitrogen and oxygen atoms in total. The lowest BCUT2D eigenvalue weighted by Crippen LogP contribution is -2.46. The molecule has 0 radical (unpaired) electrons. The van der Waals surface area contributed by atoms with E-state index in [1.807, 2.05) is 36.7 Å². The first-order valence-corrected chi connectivity index (χ1v) is 14.1. The Labute approximate surface area is 224 Å². The van der Waals surface area contributed by atoms with Crippen LogP contribution in [-0.4, -0.2) is 82.2 Å². The van der Waals surface area contributed by atoms with Crippen LogP contribution < -0.4 is 10.2 Å². The Hall–Kier alpha value is -3.31. The maximum absolute atomic E-state index is 11.8. The van der Waals surface area contributed by atoms with Gasteiger partial charge in [0.15, 0.2) is 11.6 Å². The van der Waals surface area contributed by atoms with Crippen molar-refractivity contribution in [1.29, 1.82) is 0 Å². The fourth-order valence-corrected chi connectivity index (χ4v) is 6.91. The van der Waals surface area contributed by atoms with Crippen molar-refractivity contribution >= 4 is 38.3 Å². The molecular weight excluding hydrogens is 498 g/mol. The topological polar surface area (TPSA) is 102 Å². The van der Waals surface area contributed by atoms with Gasteiger partial charge in [0.25, 0.3) is 0 Å². The van der Waals surface area contributed by atoms with E-state index in [2.05, 4.69) is 43.5 Å². The Kier molecular flexibility index (Phi) is 6.12. The van der Waals surface area contributed by atoms with E-state index >= 15 is 0 Å². The molecule has 1 aromatic carbocycles. The highest BCUT2D eigenvalue weighted by Crippen LogP contribution is 2.42. The summed E-state index contributed by atoms with van der Waals surface area (Å²) in [6, 6.07) is 8.47. The van der Waals surface area contributed by atoms with Gasteiger partial charge in [-0.1, -0.05) is 24.3 Å².